The molecule has 11 nitrogen and oxygen atoms in total. The van der Waals surface area contributed by atoms with E-state index in [2.05, 4.69) is 28.6 Å². The van der Waals surface area contributed by atoms with Gasteiger partial charge >= 0.3 is 5.97 Å². The zero-order valence-corrected chi connectivity index (χ0v) is 19.3. The molecule has 0 radical (unpaired) electrons. The van der Waals surface area contributed by atoms with Crippen LogP contribution in [0.1, 0.15) is 47.0 Å². The Bertz CT molecular complexity index is 658. The van der Waals surface area contributed by atoms with E-state index in [4.69, 9.17) is 16.6 Å². The molecule has 12 heteroatoms. The van der Waals surface area contributed by atoms with Gasteiger partial charge in [0.25, 0.3) is 0 Å². The third-order valence-corrected chi connectivity index (χ3v) is 4.60. The molecule has 0 aliphatic carbocycles. The van der Waals surface area contributed by atoms with Gasteiger partial charge in [-0.25, -0.2) is 4.79 Å². The molecule has 0 bridgehead atoms. The number of thiol groups is 1. The van der Waals surface area contributed by atoms with Gasteiger partial charge in [-0.05, 0) is 24.7 Å². The third kappa shape index (κ3) is 11.6. The van der Waals surface area contributed by atoms with Crippen molar-refractivity contribution in [1.29, 1.82) is 0 Å². The summed E-state index contributed by atoms with van der Waals surface area (Å²) in [5, 5.41) is 16.3. The smallest absolute Gasteiger partial charge is 0.327 e. The molecule has 0 saturated heterocycles. The van der Waals surface area contributed by atoms with Gasteiger partial charge in [-0.15, -0.1) is 0 Å². The monoisotopic (exact) mass is 461 g/mol. The number of nitrogens with two attached hydrogens (primary N) is 2. The van der Waals surface area contributed by atoms with Gasteiger partial charge in [0.05, 0.1) is 12.5 Å². The van der Waals surface area contributed by atoms with E-state index in [9.17, 15) is 24.0 Å². The van der Waals surface area contributed by atoms with Gasteiger partial charge in [0.2, 0.25) is 23.6 Å². The van der Waals surface area contributed by atoms with Crippen LogP contribution in [0.15, 0.2) is 0 Å². The summed E-state index contributed by atoms with van der Waals surface area (Å²) < 4.78 is 0. The fourth-order valence-electron chi connectivity index (χ4n) is 2.74. The maximum Gasteiger partial charge on any atom is 0.327 e. The third-order valence-electron chi connectivity index (χ3n) is 4.24. The Labute approximate surface area is 187 Å². The van der Waals surface area contributed by atoms with Crippen molar-refractivity contribution in [1.82, 2.24) is 16.0 Å². The Morgan fingerprint density at radius 2 is 1.26 bits per heavy atom. The Morgan fingerprint density at radius 3 is 1.68 bits per heavy atom. The molecule has 4 atom stereocenters. The van der Waals surface area contributed by atoms with E-state index in [-0.39, 0.29) is 24.0 Å². The topological polar surface area (TPSA) is 194 Å². The maximum atomic E-state index is 12.8. The first-order valence-electron chi connectivity index (χ1n) is 10.1. The van der Waals surface area contributed by atoms with Crippen LogP contribution in [0.4, 0.5) is 0 Å². The fraction of sp³-hybridized carbons (Fsp3) is 0.737. The van der Waals surface area contributed by atoms with Gasteiger partial charge in [-0.2, -0.15) is 12.6 Å². The molecule has 4 unspecified atom stereocenters. The van der Waals surface area contributed by atoms with Gasteiger partial charge in [0.15, 0.2) is 0 Å². The van der Waals surface area contributed by atoms with Crippen molar-refractivity contribution in [2.75, 3.05) is 5.75 Å². The van der Waals surface area contributed by atoms with Crippen LogP contribution in [0.25, 0.3) is 0 Å². The zero-order chi connectivity index (χ0) is 24.3. The van der Waals surface area contributed by atoms with Crippen molar-refractivity contribution in [2.24, 2.45) is 23.3 Å². The molecule has 0 aromatic carbocycles. The van der Waals surface area contributed by atoms with E-state index in [0.29, 0.717) is 6.42 Å². The molecule has 0 aliphatic heterocycles. The number of carbonyl (C=O) groups is 5. The van der Waals surface area contributed by atoms with Crippen molar-refractivity contribution in [2.45, 2.75) is 71.1 Å². The molecule has 0 aliphatic rings. The first kappa shape index (κ1) is 28.7. The predicted molar refractivity (Wildman–Crippen MR) is 118 cm³/mol. The number of carboxylic acids is 1. The first-order valence-corrected chi connectivity index (χ1v) is 10.7. The molecular formula is C19H35N5O6S. The molecular weight excluding hydrogens is 426 g/mol. The lowest BCUT2D eigenvalue weighted by Crippen LogP contribution is -2.58. The minimum absolute atomic E-state index is 0.0287. The highest BCUT2D eigenvalue weighted by Gasteiger charge is 2.31. The molecule has 8 N–H and O–H groups in total. The number of nitrogens with one attached hydrogen (secondary N) is 3. The maximum absolute atomic E-state index is 12.8. The van der Waals surface area contributed by atoms with E-state index in [1.807, 2.05) is 27.7 Å². The standard InChI is InChI=1S/C19H35N5O6S/c1-9(2)5-11(20)16(26)22-13(7-15(21)25)18(28)23-12(6-10(3)4)17(27)24-14(8-31)19(29)30/h9-14,31H,5-8,20H2,1-4H3,(H2,21,25)(H,22,26)(H,23,28)(H,24,27)(H,29,30). The molecule has 0 rings (SSSR count). The van der Waals surface area contributed by atoms with Crippen molar-refractivity contribution in [3.8, 4) is 0 Å². The molecule has 0 saturated carbocycles. The van der Waals surface area contributed by atoms with Crippen LogP contribution < -0.4 is 27.4 Å². The molecule has 0 aromatic rings. The van der Waals surface area contributed by atoms with Gasteiger partial charge in [-0.3, -0.25) is 19.2 Å². The highest BCUT2D eigenvalue weighted by Crippen LogP contribution is 2.08. The summed E-state index contributed by atoms with van der Waals surface area (Å²) in [5.74, 6) is -4.28. The number of primary amides is 1. The number of aliphatic carboxylic acids is 1. The van der Waals surface area contributed by atoms with Crippen LogP contribution >= 0.6 is 12.6 Å². The van der Waals surface area contributed by atoms with Crippen molar-refractivity contribution in [3.05, 3.63) is 0 Å². The highest BCUT2D eigenvalue weighted by molar-refractivity contribution is 7.80. The summed E-state index contributed by atoms with van der Waals surface area (Å²) in [7, 11) is 0. The SMILES string of the molecule is CC(C)CC(N)C(=O)NC(CC(N)=O)C(=O)NC(CC(C)C)C(=O)NC(CS)C(=O)O. The zero-order valence-electron chi connectivity index (χ0n) is 18.4. The van der Waals surface area contributed by atoms with Crippen molar-refractivity contribution in [3.63, 3.8) is 0 Å². The lowest BCUT2D eigenvalue weighted by Gasteiger charge is -2.25. The van der Waals surface area contributed by atoms with Crippen molar-refractivity contribution >= 4 is 42.2 Å². The molecule has 4 amide bonds. The summed E-state index contributed by atoms with van der Waals surface area (Å²) in [6.07, 6.45) is 0.0758. The van der Waals surface area contributed by atoms with Crippen LogP contribution in [0.2, 0.25) is 0 Å². The molecule has 0 heterocycles. The minimum atomic E-state index is -1.33. The van der Waals surface area contributed by atoms with Gasteiger partial charge in [-0.1, -0.05) is 27.7 Å². The Hall–Kier alpha value is -2.34. The second kappa shape index (κ2) is 13.9. The quantitative estimate of drug-likeness (QED) is 0.157. The molecule has 31 heavy (non-hydrogen) atoms. The number of carboxylic acid groups (broad SMARTS) is 1. The summed E-state index contributed by atoms with van der Waals surface area (Å²) in [5.41, 5.74) is 11.0. The molecule has 0 spiro atoms. The average molecular weight is 462 g/mol. The van der Waals surface area contributed by atoms with E-state index < -0.39 is 60.2 Å². The number of carbonyl (C=O) groups excluding carboxylic acids is 4. The van der Waals surface area contributed by atoms with Crippen LogP contribution in [0, 0.1) is 11.8 Å². The number of rotatable bonds is 14. The highest BCUT2D eigenvalue weighted by atomic mass is 32.1. The Morgan fingerprint density at radius 1 is 0.806 bits per heavy atom. The predicted octanol–water partition coefficient (Wildman–Crippen LogP) is -1.25. The minimum Gasteiger partial charge on any atom is -0.480 e. The second-order valence-corrected chi connectivity index (χ2v) is 8.61. The molecule has 178 valence electrons. The summed E-state index contributed by atoms with van der Waals surface area (Å²) in [6, 6.07) is -4.54. The van der Waals surface area contributed by atoms with Crippen LogP contribution in [-0.2, 0) is 24.0 Å². The molecule has 0 aromatic heterocycles. The van der Waals surface area contributed by atoms with Gasteiger partial charge in [0, 0.05) is 5.75 Å². The van der Waals surface area contributed by atoms with E-state index >= 15 is 0 Å². The number of amides is 4. The number of hydrogen-bond donors (Lipinski definition) is 7. The van der Waals surface area contributed by atoms with E-state index in [1.54, 1.807) is 0 Å². The van der Waals surface area contributed by atoms with Crippen LogP contribution in [-0.4, -0.2) is 64.6 Å². The lowest BCUT2D eigenvalue weighted by atomic mass is 10.0. The Kier molecular flexibility index (Phi) is 12.8. The lowest BCUT2D eigenvalue weighted by molar-refractivity contribution is -0.141. The van der Waals surface area contributed by atoms with Crippen LogP contribution in [0.5, 0.6) is 0 Å². The summed E-state index contributed by atoms with van der Waals surface area (Å²) >= 11 is 3.89. The summed E-state index contributed by atoms with van der Waals surface area (Å²) in [4.78, 5) is 60.2. The second-order valence-electron chi connectivity index (χ2n) is 8.24. The van der Waals surface area contributed by atoms with Crippen molar-refractivity contribution < 1.29 is 29.1 Å². The molecule has 0 fully saturated rings. The normalized spacial score (nSPS) is 15.0. The van der Waals surface area contributed by atoms with Crippen LogP contribution in [0.3, 0.4) is 0 Å². The van der Waals surface area contributed by atoms with Gasteiger partial charge < -0.3 is 32.5 Å². The van der Waals surface area contributed by atoms with E-state index in [0.717, 1.165) is 0 Å². The van der Waals surface area contributed by atoms with E-state index in [1.165, 1.54) is 0 Å². The fourth-order valence-corrected chi connectivity index (χ4v) is 2.98. The largest absolute Gasteiger partial charge is 0.480 e. The van der Waals surface area contributed by atoms with Gasteiger partial charge in [0.1, 0.15) is 18.1 Å². The first-order chi connectivity index (χ1) is 14.3. The number of hydrogen-bond acceptors (Lipinski definition) is 7. The Balaban J connectivity index is 5.43. The average Bonchev–Trinajstić information content (AvgIpc) is 2.62. The summed E-state index contributed by atoms with van der Waals surface area (Å²) in [6.45, 7) is 7.39.